The van der Waals surface area contributed by atoms with Gasteiger partial charge in [-0.15, -0.1) is 0 Å². The molecule has 1 aromatic carbocycles. The first-order valence-electron chi connectivity index (χ1n) is 7.01. The molecule has 1 rings (SSSR count). The number of hydrogen-bond donors (Lipinski definition) is 1. The summed E-state index contributed by atoms with van der Waals surface area (Å²) in [4.78, 5) is 0. The van der Waals surface area contributed by atoms with E-state index in [2.05, 4.69) is 64.2 Å². The van der Waals surface area contributed by atoms with Crippen molar-refractivity contribution in [2.45, 2.75) is 53.1 Å². The second kappa shape index (κ2) is 7.42. The average Bonchev–Trinajstić information content (AvgIpc) is 2.36. The van der Waals surface area contributed by atoms with Crippen LogP contribution in [0.1, 0.15) is 52.6 Å². The van der Waals surface area contributed by atoms with E-state index in [-0.39, 0.29) is 0 Å². The second-order valence-corrected chi connectivity index (χ2v) is 5.47. The zero-order chi connectivity index (χ0) is 13.5. The third kappa shape index (κ3) is 5.09. The number of nitrogens with one attached hydrogen (secondary N) is 1. The van der Waals surface area contributed by atoms with Crippen LogP contribution in [0.15, 0.2) is 24.3 Å². The number of benzene rings is 1. The van der Waals surface area contributed by atoms with E-state index in [4.69, 9.17) is 4.74 Å². The van der Waals surface area contributed by atoms with Crippen molar-refractivity contribution in [2.75, 3.05) is 6.61 Å². The molecule has 0 spiro atoms. The molecule has 0 saturated heterocycles. The molecule has 0 saturated carbocycles. The topological polar surface area (TPSA) is 21.3 Å². The van der Waals surface area contributed by atoms with Crippen molar-refractivity contribution in [3.8, 4) is 5.75 Å². The van der Waals surface area contributed by atoms with Gasteiger partial charge in [0, 0.05) is 12.1 Å². The molecule has 0 radical (unpaired) electrons. The molecule has 0 amide bonds. The molecule has 1 N–H and O–H groups in total. The SMILES string of the molecule is CCC(C)NC(C)c1ccc(OCC(C)C)cc1. The van der Waals surface area contributed by atoms with Crippen LogP contribution in [0.2, 0.25) is 0 Å². The summed E-state index contributed by atoms with van der Waals surface area (Å²) >= 11 is 0. The van der Waals surface area contributed by atoms with Gasteiger partial charge in [0.15, 0.2) is 0 Å². The van der Waals surface area contributed by atoms with E-state index < -0.39 is 0 Å². The maximum atomic E-state index is 5.68. The third-order valence-electron chi connectivity index (χ3n) is 3.11. The molecule has 2 nitrogen and oxygen atoms in total. The Bertz CT molecular complexity index is 331. The van der Waals surface area contributed by atoms with Crippen molar-refractivity contribution in [2.24, 2.45) is 5.92 Å². The Morgan fingerprint density at radius 3 is 2.17 bits per heavy atom. The van der Waals surface area contributed by atoms with Gasteiger partial charge in [-0.3, -0.25) is 0 Å². The number of hydrogen-bond acceptors (Lipinski definition) is 2. The monoisotopic (exact) mass is 249 g/mol. The fourth-order valence-corrected chi connectivity index (χ4v) is 1.76. The summed E-state index contributed by atoms with van der Waals surface area (Å²) in [6, 6.07) is 9.36. The predicted molar refractivity (Wildman–Crippen MR) is 78.1 cm³/mol. The first-order valence-corrected chi connectivity index (χ1v) is 7.01. The van der Waals surface area contributed by atoms with E-state index in [1.165, 1.54) is 5.56 Å². The average molecular weight is 249 g/mol. The normalized spacial score (nSPS) is 14.6. The van der Waals surface area contributed by atoms with Crippen LogP contribution in [0.25, 0.3) is 0 Å². The predicted octanol–water partition coefficient (Wildman–Crippen LogP) is 4.17. The van der Waals surface area contributed by atoms with E-state index in [9.17, 15) is 0 Å². The minimum absolute atomic E-state index is 0.388. The van der Waals surface area contributed by atoms with Gasteiger partial charge in [-0.1, -0.05) is 32.9 Å². The first kappa shape index (κ1) is 15.0. The summed E-state index contributed by atoms with van der Waals surface area (Å²) in [7, 11) is 0. The van der Waals surface area contributed by atoms with Gasteiger partial charge in [0.1, 0.15) is 5.75 Å². The Balaban J connectivity index is 2.53. The van der Waals surface area contributed by atoms with Gasteiger partial charge in [-0.2, -0.15) is 0 Å². The number of ether oxygens (including phenoxy) is 1. The lowest BCUT2D eigenvalue weighted by Gasteiger charge is -2.19. The highest BCUT2D eigenvalue weighted by molar-refractivity contribution is 5.29. The van der Waals surface area contributed by atoms with Crippen LogP contribution in [0, 0.1) is 5.92 Å². The molecular weight excluding hydrogens is 222 g/mol. The maximum Gasteiger partial charge on any atom is 0.119 e. The highest BCUT2D eigenvalue weighted by atomic mass is 16.5. The van der Waals surface area contributed by atoms with E-state index in [0.29, 0.717) is 18.0 Å². The van der Waals surface area contributed by atoms with Gasteiger partial charge in [0.2, 0.25) is 0 Å². The lowest BCUT2D eigenvalue weighted by Crippen LogP contribution is -2.28. The van der Waals surface area contributed by atoms with Crippen LogP contribution >= 0.6 is 0 Å². The molecule has 2 heteroatoms. The van der Waals surface area contributed by atoms with Crippen LogP contribution in [0.5, 0.6) is 5.75 Å². The summed E-state index contributed by atoms with van der Waals surface area (Å²) in [6.07, 6.45) is 1.15. The van der Waals surface area contributed by atoms with Gasteiger partial charge in [-0.05, 0) is 43.9 Å². The Hall–Kier alpha value is -1.02. The fourth-order valence-electron chi connectivity index (χ4n) is 1.76. The lowest BCUT2D eigenvalue weighted by atomic mass is 10.1. The van der Waals surface area contributed by atoms with E-state index in [1.807, 2.05) is 0 Å². The Labute approximate surface area is 112 Å². The summed E-state index contributed by atoms with van der Waals surface area (Å²) in [5.74, 6) is 1.53. The Morgan fingerprint density at radius 2 is 1.67 bits per heavy atom. The van der Waals surface area contributed by atoms with Gasteiger partial charge in [0.25, 0.3) is 0 Å². The van der Waals surface area contributed by atoms with Crippen molar-refractivity contribution in [1.82, 2.24) is 5.32 Å². The van der Waals surface area contributed by atoms with Crippen LogP contribution in [0.3, 0.4) is 0 Å². The highest BCUT2D eigenvalue weighted by Gasteiger charge is 2.08. The minimum atomic E-state index is 0.388. The summed E-state index contributed by atoms with van der Waals surface area (Å²) in [5, 5.41) is 3.57. The van der Waals surface area contributed by atoms with Gasteiger partial charge < -0.3 is 10.1 Å². The third-order valence-corrected chi connectivity index (χ3v) is 3.11. The van der Waals surface area contributed by atoms with Crippen LogP contribution in [0.4, 0.5) is 0 Å². The quantitative estimate of drug-likeness (QED) is 0.783. The first-order chi connectivity index (χ1) is 8.52. The van der Waals surface area contributed by atoms with Crippen molar-refractivity contribution in [1.29, 1.82) is 0 Å². The summed E-state index contributed by atoms with van der Waals surface area (Å²) in [6.45, 7) is 11.7. The molecule has 0 aliphatic carbocycles. The second-order valence-electron chi connectivity index (χ2n) is 5.47. The Morgan fingerprint density at radius 1 is 1.06 bits per heavy atom. The van der Waals surface area contributed by atoms with Crippen molar-refractivity contribution < 1.29 is 4.74 Å². The molecule has 18 heavy (non-hydrogen) atoms. The van der Waals surface area contributed by atoms with Crippen LogP contribution in [-0.4, -0.2) is 12.6 Å². The molecule has 0 aliphatic heterocycles. The zero-order valence-electron chi connectivity index (χ0n) is 12.4. The highest BCUT2D eigenvalue weighted by Crippen LogP contribution is 2.18. The van der Waals surface area contributed by atoms with Gasteiger partial charge in [-0.25, -0.2) is 0 Å². The van der Waals surface area contributed by atoms with E-state index in [0.717, 1.165) is 18.8 Å². The number of rotatable bonds is 7. The molecule has 1 aromatic rings. The largest absolute Gasteiger partial charge is 0.493 e. The maximum absolute atomic E-state index is 5.68. The molecule has 2 atom stereocenters. The van der Waals surface area contributed by atoms with Crippen LogP contribution < -0.4 is 10.1 Å². The zero-order valence-corrected chi connectivity index (χ0v) is 12.4. The van der Waals surface area contributed by atoms with E-state index in [1.54, 1.807) is 0 Å². The molecule has 0 fully saturated rings. The minimum Gasteiger partial charge on any atom is -0.493 e. The molecule has 0 aromatic heterocycles. The molecule has 0 aliphatic rings. The summed E-state index contributed by atoms with van der Waals surface area (Å²) < 4.78 is 5.68. The molecule has 2 unspecified atom stereocenters. The molecular formula is C16H27NO. The van der Waals surface area contributed by atoms with Gasteiger partial charge in [0.05, 0.1) is 6.61 Å². The lowest BCUT2D eigenvalue weighted by molar-refractivity contribution is 0.271. The molecule has 0 bridgehead atoms. The standard InChI is InChI=1S/C16H27NO/c1-6-13(4)17-14(5)15-7-9-16(10-8-15)18-11-12(2)3/h7-10,12-14,17H,6,11H2,1-5H3. The molecule has 102 valence electrons. The summed E-state index contributed by atoms with van der Waals surface area (Å²) in [5.41, 5.74) is 1.31. The van der Waals surface area contributed by atoms with Gasteiger partial charge >= 0.3 is 0 Å². The van der Waals surface area contributed by atoms with Crippen LogP contribution in [-0.2, 0) is 0 Å². The van der Waals surface area contributed by atoms with Crippen molar-refractivity contribution in [3.05, 3.63) is 29.8 Å². The van der Waals surface area contributed by atoms with Crippen molar-refractivity contribution in [3.63, 3.8) is 0 Å². The smallest absolute Gasteiger partial charge is 0.119 e. The van der Waals surface area contributed by atoms with Crippen molar-refractivity contribution >= 4 is 0 Å². The van der Waals surface area contributed by atoms with E-state index >= 15 is 0 Å². The Kier molecular flexibility index (Phi) is 6.20. The molecule has 0 heterocycles. The fraction of sp³-hybridized carbons (Fsp3) is 0.625.